The van der Waals surface area contributed by atoms with Gasteiger partial charge in [-0.05, 0) is 18.6 Å². The summed E-state index contributed by atoms with van der Waals surface area (Å²) >= 11 is 0. The Hall–Kier alpha value is -2.91. The average molecular weight is 498 g/mol. The van der Waals surface area contributed by atoms with Crippen LogP contribution in [0.5, 0.6) is 17.4 Å². The number of ether oxygens (including phenoxy) is 4. The monoisotopic (exact) mass is 497 g/mol. The molecular formula is C28H39N3O5. The molecule has 3 aromatic rings. The summed E-state index contributed by atoms with van der Waals surface area (Å²) in [5.41, 5.74) is 2.75. The minimum absolute atomic E-state index is 0.298. The number of aliphatic hydroxyl groups is 1. The highest BCUT2D eigenvalue weighted by Gasteiger charge is 2.24. The Kier molecular flexibility index (Phi) is 11.2. The van der Waals surface area contributed by atoms with Gasteiger partial charge in [0.1, 0.15) is 5.69 Å². The first kappa shape index (κ1) is 27.7. The third-order valence-corrected chi connectivity index (χ3v) is 5.83. The molecule has 0 saturated heterocycles. The van der Waals surface area contributed by atoms with Crippen molar-refractivity contribution in [2.24, 2.45) is 7.05 Å². The van der Waals surface area contributed by atoms with E-state index in [1.807, 2.05) is 61.6 Å². The Bertz CT molecular complexity index is 1040. The Morgan fingerprint density at radius 3 is 2.42 bits per heavy atom. The predicted octanol–water partition coefficient (Wildman–Crippen LogP) is 4.51. The number of hydrogen-bond acceptors (Lipinski definition) is 7. The smallest absolute Gasteiger partial charge is 0.222 e. The predicted molar refractivity (Wildman–Crippen MR) is 141 cm³/mol. The number of nitrogens with zero attached hydrogens (tertiary/aromatic N) is 3. The summed E-state index contributed by atoms with van der Waals surface area (Å²) in [4.78, 5) is 2.15. The van der Waals surface area contributed by atoms with E-state index in [0.717, 1.165) is 29.7 Å². The van der Waals surface area contributed by atoms with Crippen LogP contribution in [-0.4, -0.2) is 73.0 Å². The van der Waals surface area contributed by atoms with Gasteiger partial charge in [0.2, 0.25) is 5.88 Å². The third kappa shape index (κ3) is 7.80. The van der Waals surface area contributed by atoms with Crippen molar-refractivity contribution in [3.05, 3.63) is 60.2 Å². The van der Waals surface area contributed by atoms with Gasteiger partial charge in [-0.3, -0.25) is 4.90 Å². The molecule has 0 amide bonds. The number of aromatic nitrogens is 2. The lowest BCUT2D eigenvalue weighted by Crippen LogP contribution is -2.36. The number of rotatable bonds is 16. The van der Waals surface area contributed by atoms with Crippen LogP contribution >= 0.6 is 0 Å². The lowest BCUT2D eigenvalue weighted by atomic mass is 10.1. The topological polar surface area (TPSA) is 78.2 Å². The molecule has 196 valence electrons. The van der Waals surface area contributed by atoms with Crippen LogP contribution < -0.4 is 9.47 Å². The summed E-state index contributed by atoms with van der Waals surface area (Å²) in [7, 11) is 5.17. The molecule has 0 aliphatic carbocycles. The number of hydrogen-bond donors (Lipinski definition) is 1. The van der Waals surface area contributed by atoms with Crippen LogP contribution in [0.3, 0.4) is 0 Å². The van der Waals surface area contributed by atoms with Crippen LogP contribution in [0.2, 0.25) is 0 Å². The second-order valence-electron chi connectivity index (χ2n) is 8.69. The number of aryl methyl sites for hydroxylation is 1. The second-order valence-corrected chi connectivity index (χ2v) is 8.69. The molecule has 0 fully saturated rings. The molecule has 1 aromatic heterocycles. The van der Waals surface area contributed by atoms with E-state index in [1.54, 1.807) is 18.9 Å². The van der Waals surface area contributed by atoms with Gasteiger partial charge in [0.25, 0.3) is 0 Å². The van der Waals surface area contributed by atoms with Crippen molar-refractivity contribution in [1.29, 1.82) is 0 Å². The van der Waals surface area contributed by atoms with E-state index in [4.69, 9.17) is 24.0 Å². The average Bonchev–Trinajstić information content (AvgIpc) is 3.20. The van der Waals surface area contributed by atoms with Gasteiger partial charge in [-0.25, -0.2) is 4.68 Å². The van der Waals surface area contributed by atoms with Gasteiger partial charge in [0.15, 0.2) is 11.5 Å². The highest BCUT2D eigenvalue weighted by Crippen LogP contribution is 2.37. The van der Waals surface area contributed by atoms with Gasteiger partial charge >= 0.3 is 0 Å². The number of aliphatic hydroxyl groups excluding tert-OH is 1. The van der Waals surface area contributed by atoms with Crippen LogP contribution in [0.4, 0.5) is 0 Å². The number of para-hydroxylation sites is 2. The van der Waals surface area contributed by atoms with E-state index in [1.165, 1.54) is 0 Å². The quantitative estimate of drug-likeness (QED) is 0.292. The van der Waals surface area contributed by atoms with E-state index < -0.39 is 6.10 Å². The minimum Gasteiger partial charge on any atom is -0.493 e. The summed E-state index contributed by atoms with van der Waals surface area (Å²) in [6, 6.07) is 17.6. The van der Waals surface area contributed by atoms with Gasteiger partial charge in [-0.2, -0.15) is 5.10 Å². The molecule has 0 radical (unpaired) electrons. The molecule has 0 spiro atoms. The number of benzene rings is 2. The molecule has 8 heteroatoms. The molecule has 1 heterocycles. The molecule has 3 rings (SSSR count). The molecule has 0 aliphatic heterocycles. The summed E-state index contributed by atoms with van der Waals surface area (Å²) in [5, 5.41) is 15.5. The first-order chi connectivity index (χ1) is 17.6. The van der Waals surface area contributed by atoms with Crippen LogP contribution in [0.1, 0.15) is 25.3 Å². The van der Waals surface area contributed by atoms with Crippen molar-refractivity contribution in [2.45, 2.75) is 32.4 Å². The van der Waals surface area contributed by atoms with Crippen molar-refractivity contribution in [1.82, 2.24) is 14.7 Å². The fraction of sp³-hybridized carbons (Fsp3) is 0.464. The lowest BCUT2D eigenvalue weighted by molar-refractivity contribution is 0.0101. The molecule has 1 N–H and O–H groups in total. The van der Waals surface area contributed by atoms with Crippen LogP contribution in [0, 0.1) is 0 Å². The Morgan fingerprint density at radius 2 is 1.72 bits per heavy atom. The summed E-state index contributed by atoms with van der Waals surface area (Å²) in [6.07, 6.45) is 1.43. The first-order valence-corrected chi connectivity index (χ1v) is 12.5. The van der Waals surface area contributed by atoms with Gasteiger partial charge in [0.05, 0.1) is 32.0 Å². The number of methoxy groups -OCH3 is 2. The highest BCUT2D eigenvalue weighted by atomic mass is 16.5. The van der Waals surface area contributed by atoms with Gasteiger partial charge < -0.3 is 24.1 Å². The van der Waals surface area contributed by atoms with Crippen molar-refractivity contribution in [3.8, 4) is 28.6 Å². The maximum Gasteiger partial charge on any atom is 0.222 e. The molecule has 1 atom stereocenters. The normalized spacial score (nSPS) is 12.2. The van der Waals surface area contributed by atoms with E-state index in [9.17, 15) is 5.11 Å². The number of unbranched alkanes of at least 4 members (excludes halogenated alkanes) is 1. The summed E-state index contributed by atoms with van der Waals surface area (Å²) in [5.74, 6) is 1.87. The lowest BCUT2D eigenvalue weighted by Gasteiger charge is -2.25. The SMILES string of the molecule is CCCCOCC(O)CN(CCOC)Cc1c(-c2ccccc2)nn(C)c1Oc1ccccc1OC. The molecular weight excluding hydrogens is 458 g/mol. The molecule has 0 saturated carbocycles. The zero-order valence-corrected chi connectivity index (χ0v) is 21.9. The second kappa shape index (κ2) is 14.6. The van der Waals surface area contributed by atoms with Crippen molar-refractivity contribution in [2.75, 3.05) is 47.1 Å². The summed E-state index contributed by atoms with van der Waals surface area (Å²) < 4.78 is 24.7. The Balaban J connectivity index is 1.92. The fourth-order valence-electron chi connectivity index (χ4n) is 3.95. The highest BCUT2D eigenvalue weighted by molar-refractivity contribution is 5.66. The van der Waals surface area contributed by atoms with Gasteiger partial charge in [-0.1, -0.05) is 55.8 Å². The maximum atomic E-state index is 10.7. The molecule has 2 aromatic carbocycles. The largest absolute Gasteiger partial charge is 0.493 e. The first-order valence-electron chi connectivity index (χ1n) is 12.5. The fourth-order valence-corrected chi connectivity index (χ4v) is 3.95. The van der Waals surface area contributed by atoms with Gasteiger partial charge in [-0.15, -0.1) is 0 Å². The van der Waals surface area contributed by atoms with Crippen LogP contribution in [-0.2, 0) is 23.1 Å². The molecule has 8 nitrogen and oxygen atoms in total. The van der Waals surface area contributed by atoms with E-state index in [-0.39, 0.29) is 0 Å². The Morgan fingerprint density at radius 1 is 1.00 bits per heavy atom. The Labute approximate surface area is 214 Å². The zero-order chi connectivity index (χ0) is 25.8. The van der Waals surface area contributed by atoms with Crippen molar-refractivity contribution < 1.29 is 24.1 Å². The standard InChI is InChI=1S/C28H39N3O5/c1-5-6-17-35-21-23(32)19-31(16-18-33-3)20-24-27(22-12-8-7-9-13-22)29-30(2)28(24)36-26-15-11-10-14-25(26)34-4/h7-15,23,32H,5-6,16-21H2,1-4H3. The maximum absolute atomic E-state index is 10.7. The zero-order valence-electron chi connectivity index (χ0n) is 21.9. The van der Waals surface area contributed by atoms with Crippen LogP contribution in [0.15, 0.2) is 54.6 Å². The van der Waals surface area contributed by atoms with Gasteiger partial charge in [0, 0.05) is 46.0 Å². The molecule has 0 aliphatic rings. The summed E-state index contributed by atoms with van der Waals surface area (Å²) in [6.45, 7) is 5.20. The molecule has 36 heavy (non-hydrogen) atoms. The van der Waals surface area contributed by atoms with E-state index in [0.29, 0.717) is 56.8 Å². The third-order valence-electron chi connectivity index (χ3n) is 5.83. The minimum atomic E-state index is -0.617. The van der Waals surface area contributed by atoms with E-state index in [2.05, 4.69) is 11.8 Å². The van der Waals surface area contributed by atoms with Crippen molar-refractivity contribution in [3.63, 3.8) is 0 Å². The molecule has 1 unspecified atom stereocenters. The van der Waals surface area contributed by atoms with E-state index >= 15 is 0 Å². The van der Waals surface area contributed by atoms with Crippen LogP contribution in [0.25, 0.3) is 11.3 Å². The van der Waals surface area contributed by atoms with Crippen molar-refractivity contribution >= 4 is 0 Å². The molecule has 0 bridgehead atoms.